The Labute approximate surface area is 192 Å². The van der Waals surface area contributed by atoms with Gasteiger partial charge in [0.15, 0.2) is 0 Å². The van der Waals surface area contributed by atoms with E-state index >= 15 is 0 Å². The molecule has 0 saturated carbocycles. The number of carboxylic acids is 3. The predicted octanol–water partition coefficient (Wildman–Crippen LogP) is 2.07. The molecule has 11 heteroatoms. The van der Waals surface area contributed by atoms with Gasteiger partial charge in [-0.1, -0.05) is 32.0 Å². The van der Waals surface area contributed by atoms with Crippen molar-refractivity contribution in [1.82, 2.24) is 16.0 Å². The highest BCUT2D eigenvalue weighted by Gasteiger charge is 2.23. The van der Waals surface area contributed by atoms with Crippen LogP contribution >= 0.6 is 0 Å². The third kappa shape index (κ3) is 14.1. The quantitative estimate of drug-likeness (QED) is 0.225. The van der Waals surface area contributed by atoms with Crippen LogP contribution in [0.2, 0.25) is 0 Å². The molecule has 11 nitrogen and oxygen atoms in total. The second-order valence-corrected chi connectivity index (χ2v) is 6.85. The fraction of sp³-hybridized carbons (Fsp3) is 0.500. The molecule has 184 valence electrons. The number of aliphatic carboxylic acids is 3. The first-order chi connectivity index (χ1) is 15.7. The van der Waals surface area contributed by atoms with E-state index in [9.17, 15) is 24.0 Å². The van der Waals surface area contributed by atoms with Crippen molar-refractivity contribution in [1.29, 1.82) is 0 Å². The van der Waals surface area contributed by atoms with E-state index in [-0.39, 0.29) is 18.7 Å². The third-order valence-electron chi connectivity index (χ3n) is 4.31. The molecule has 0 heterocycles. The Bertz CT molecular complexity index is 770. The van der Waals surface area contributed by atoms with Gasteiger partial charge in [-0.2, -0.15) is 0 Å². The molecule has 0 fully saturated rings. The number of nitrogens with one attached hydrogen (secondary N) is 3. The van der Waals surface area contributed by atoms with Gasteiger partial charge in [0, 0.05) is 24.6 Å². The van der Waals surface area contributed by atoms with Crippen LogP contribution in [0.5, 0.6) is 0 Å². The molecule has 0 aromatic heterocycles. The summed E-state index contributed by atoms with van der Waals surface area (Å²) in [6, 6.07) is 5.61. The second kappa shape index (κ2) is 17.0. The lowest BCUT2D eigenvalue weighted by atomic mass is 10.1. The molecule has 6 N–H and O–H groups in total. The number of hydrogen-bond acceptors (Lipinski definition) is 5. The zero-order valence-corrected chi connectivity index (χ0v) is 18.9. The van der Waals surface area contributed by atoms with Crippen LogP contribution < -0.4 is 16.0 Å². The van der Waals surface area contributed by atoms with Crippen LogP contribution in [0, 0.1) is 0 Å². The normalized spacial score (nSPS) is 11.7. The number of carbonyl (C=O) groups is 5. The zero-order chi connectivity index (χ0) is 25.2. The average Bonchev–Trinajstić information content (AvgIpc) is 2.77. The topological polar surface area (TPSA) is 182 Å². The monoisotopic (exact) mass is 467 g/mol. The minimum absolute atomic E-state index is 0.221. The number of carboxylic acid groups (broad SMARTS) is 3. The molecule has 0 bridgehead atoms. The van der Waals surface area contributed by atoms with Crippen molar-refractivity contribution in [3.05, 3.63) is 35.9 Å². The minimum atomic E-state index is -1.41. The summed E-state index contributed by atoms with van der Waals surface area (Å²) in [6.45, 7) is 4.37. The molecular weight excluding hydrogens is 434 g/mol. The van der Waals surface area contributed by atoms with Crippen molar-refractivity contribution in [2.75, 3.05) is 6.54 Å². The molecule has 0 spiro atoms. The molecule has 1 aromatic carbocycles. The number of carbonyl (C=O) groups excluding carboxylic acids is 2. The maximum Gasteiger partial charge on any atom is 0.326 e. The van der Waals surface area contributed by atoms with Gasteiger partial charge in [0.1, 0.15) is 6.04 Å². The lowest BCUT2D eigenvalue weighted by Crippen LogP contribution is -2.49. The molecule has 2 atom stereocenters. The zero-order valence-electron chi connectivity index (χ0n) is 18.9. The van der Waals surface area contributed by atoms with Gasteiger partial charge in [-0.3, -0.25) is 14.4 Å². The molecule has 1 rings (SSSR count). The Hall–Kier alpha value is -3.63. The third-order valence-corrected chi connectivity index (χ3v) is 4.31. The van der Waals surface area contributed by atoms with Crippen molar-refractivity contribution in [3.63, 3.8) is 0 Å². The molecule has 3 amide bonds. The summed E-state index contributed by atoms with van der Waals surface area (Å²) >= 11 is 0. The van der Waals surface area contributed by atoms with Gasteiger partial charge in [-0.05, 0) is 37.8 Å². The fourth-order valence-electron chi connectivity index (χ4n) is 2.76. The van der Waals surface area contributed by atoms with Crippen molar-refractivity contribution in [2.24, 2.45) is 0 Å². The van der Waals surface area contributed by atoms with Crippen LogP contribution in [-0.4, -0.2) is 63.8 Å². The maximum atomic E-state index is 12.0. The second-order valence-electron chi connectivity index (χ2n) is 6.85. The summed E-state index contributed by atoms with van der Waals surface area (Å²) < 4.78 is 0. The minimum Gasteiger partial charge on any atom is -0.481 e. The lowest BCUT2D eigenvalue weighted by molar-refractivity contribution is -0.141. The van der Waals surface area contributed by atoms with Gasteiger partial charge < -0.3 is 31.3 Å². The molecular formula is C22H33N3O8. The van der Waals surface area contributed by atoms with Gasteiger partial charge in [0.2, 0.25) is 0 Å². The highest BCUT2D eigenvalue weighted by Crippen LogP contribution is 2.06. The molecule has 0 aliphatic rings. The van der Waals surface area contributed by atoms with Gasteiger partial charge in [-0.15, -0.1) is 0 Å². The maximum absolute atomic E-state index is 12.0. The Morgan fingerprint density at radius 2 is 1.48 bits per heavy atom. The van der Waals surface area contributed by atoms with Gasteiger partial charge >= 0.3 is 23.9 Å². The fourth-order valence-corrected chi connectivity index (χ4v) is 2.76. The molecule has 1 aromatic rings. The summed E-state index contributed by atoms with van der Waals surface area (Å²) in [5.41, 5.74) is 0.528. The number of rotatable bonds is 14. The number of amides is 3. The number of urea groups is 1. The van der Waals surface area contributed by atoms with E-state index in [0.29, 0.717) is 31.4 Å². The summed E-state index contributed by atoms with van der Waals surface area (Å²) in [5, 5.41) is 34.1. The first kappa shape index (κ1) is 29.4. The van der Waals surface area contributed by atoms with E-state index < -0.39 is 42.4 Å². The van der Waals surface area contributed by atoms with Gasteiger partial charge in [-0.25, -0.2) is 9.59 Å². The standard InChI is InChI=1S/C20H27N3O8.C2H6/c24-16(25)10-9-15(19(29)30)23-20(31)22-14(12-17(26)27)8-4-5-11-21-18(28)13-6-2-1-3-7-13;1-2/h1-3,6-7,14-15H,4-5,8-12H2,(H,21,28)(H,24,25)(H,26,27)(H,29,30)(H2,22,23,31);1-2H3. The van der Waals surface area contributed by atoms with E-state index in [1.165, 1.54) is 0 Å². The van der Waals surface area contributed by atoms with E-state index in [4.69, 9.17) is 15.3 Å². The summed E-state index contributed by atoms with van der Waals surface area (Å²) in [6.07, 6.45) is 0.251. The van der Waals surface area contributed by atoms with Gasteiger partial charge in [0.25, 0.3) is 5.91 Å². The molecule has 33 heavy (non-hydrogen) atoms. The SMILES string of the molecule is CC.O=C(O)CCC(NC(=O)NC(CCCCNC(=O)c1ccccc1)CC(=O)O)C(=O)O. The van der Waals surface area contributed by atoms with Crippen LogP contribution in [0.3, 0.4) is 0 Å². The average molecular weight is 468 g/mol. The lowest BCUT2D eigenvalue weighted by Gasteiger charge is -2.20. The van der Waals surface area contributed by atoms with Crippen molar-refractivity contribution in [2.45, 2.75) is 64.5 Å². The Morgan fingerprint density at radius 3 is 2.03 bits per heavy atom. The summed E-state index contributed by atoms with van der Waals surface area (Å²) in [5.74, 6) is -3.94. The number of hydrogen-bond donors (Lipinski definition) is 6. The molecule has 2 unspecified atom stereocenters. The largest absolute Gasteiger partial charge is 0.481 e. The highest BCUT2D eigenvalue weighted by molar-refractivity contribution is 5.94. The molecule has 0 radical (unpaired) electrons. The van der Waals surface area contributed by atoms with E-state index in [2.05, 4.69) is 16.0 Å². The Kier molecular flexibility index (Phi) is 15.1. The number of benzene rings is 1. The van der Waals surface area contributed by atoms with Crippen LogP contribution in [-0.2, 0) is 14.4 Å². The van der Waals surface area contributed by atoms with Crippen LogP contribution in [0.15, 0.2) is 30.3 Å². The Morgan fingerprint density at radius 1 is 0.848 bits per heavy atom. The first-order valence-electron chi connectivity index (χ1n) is 10.8. The Balaban J connectivity index is 0.00000497. The molecule has 0 aliphatic heterocycles. The summed E-state index contributed by atoms with van der Waals surface area (Å²) in [4.78, 5) is 56.8. The molecule has 0 aliphatic carbocycles. The summed E-state index contributed by atoms with van der Waals surface area (Å²) in [7, 11) is 0. The first-order valence-corrected chi connectivity index (χ1v) is 10.8. The predicted molar refractivity (Wildman–Crippen MR) is 120 cm³/mol. The van der Waals surface area contributed by atoms with E-state index in [1.54, 1.807) is 30.3 Å². The number of unbranched alkanes of at least 4 members (excludes halogenated alkanes) is 1. The van der Waals surface area contributed by atoms with Crippen molar-refractivity contribution in [3.8, 4) is 0 Å². The highest BCUT2D eigenvalue weighted by atomic mass is 16.4. The van der Waals surface area contributed by atoms with Crippen molar-refractivity contribution >= 4 is 29.8 Å². The molecule has 0 saturated heterocycles. The van der Waals surface area contributed by atoms with Gasteiger partial charge in [0.05, 0.1) is 6.42 Å². The van der Waals surface area contributed by atoms with Crippen LogP contribution in [0.25, 0.3) is 0 Å². The van der Waals surface area contributed by atoms with Crippen LogP contribution in [0.4, 0.5) is 4.79 Å². The van der Waals surface area contributed by atoms with Crippen molar-refractivity contribution < 1.29 is 39.3 Å². The van der Waals surface area contributed by atoms with E-state index in [1.807, 2.05) is 13.8 Å². The smallest absolute Gasteiger partial charge is 0.326 e. The van der Waals surface area contributed by atoms with E-state index in [0.717, 1.165) is 0 Å². The van der Waals surface area contributed by atoms with Crippen LogP contribution in [0.1, 0.15) is 62.7 Å².